The smallest absolute Gasteiger partial charge is 0.373 e. The molecule has 0 atom stereocenters. The highest BCUT2D eigenvalue weighted by atomic mass is 19.4. The summed E-state index contributed by atoms with van der Waals surface area (Å²) in [5.41, 5.74) is 0.0782. The molecule has 0 bridgehead atoms. The van der Waals surface area contributed by atoms with Crippen molar-refractivity contribution < 1.29 is 13.2 Å². The zero-order valence-corrected chi connectivity index (χ0v) is 10.5. The van der Waals surface area contributed by atoms with Crippen LogP contribution in [0.15, 0.2) is 24.5 Å². The van der Waals surface area contributed by atoms with Crippen molar-refractivity contribution in [1.82, 2.24) is 14.8 Å². The molecule has 0 aromatic carbocycles. The lowest BCUT2D eigenvalue weighted by Gasteiger charge is -2.10. The largest absolute Gasteiger partial charge is 0.416 e. The van der Waals surface area contributed by atoms with E-state index in [-0.39, 0.29) is 11.5 Å². The molecule has 1 N–H and O–H groups in total. The van der Waals surface area contributed by atoms with Crippen molar-refractivity contribution in [2.75, 3.05) is 12.4 Å². The first-order chi connectivity index (χ1) is 8.94. The van der Waals surface area contributed by atoms with Gasteiger partial charge in [-0.2, -0.15) is 18.3 Å². The number of pyridine rings is 1. The molecular weight excluding hydrogens is 257 g/mol. The van der Waals surface area contributed by atoms with Gasteiger partial charge in [-0.1, -0.05) is 0 Å². The Balaban J connectivity index is 2.50. The van der Waals surface area contributed by atoms with E-state index < -0.39 is 11.7 Å². The number of alkyl halides is 3. The summed E-state index contributed by atoms with van der Waals surface area (Å²) in [5.74, 6) is 0.175. The van der Waals surface area contributed by atoms with Crippen LogP contribution in [0.1, 0.15) is 12.5 Å². The minimum Gasteiger partial charge on any atom is -0.373 e. The number of aryl methyl sites for hydroxylation is 1. The number of aromatic nitrogens is 3. The van der Waals surface area contributed by atoms with Gasteiger partial charge in [-0.25, -0.2) is 4.98 Å². The minimum atomic E-state index is -4.40. The Morgan fingerprint density at radius 1 is 1.32 bits per heavy atom. The van der Waals surface area contributed by atoms with E-state index in [4.69, 9.17) is 0 Å². The van der Waals surface area contributed by atoms with Crippen molar-refractivity contribution in [3.05, 3.63) is 30.1 Å². The molecule has 2 heterocycles. The highest BCUT2D eigenvalue weighted by molar-refractivity contribution is 5.61. The van der Waals surface area contributed by atoms with Crippen LogP contribution >= 0.6 is 0 Å². The molecule has 4 nitrogen and oxygen atoms in total. The van der Waals surface area contributed by atoms with Gasteiger partial charge in [0.25, 0.3) is 0 Å². The summed E-state index contributed by atoms with van der Waals surface area (Å²) in [6.45, 7) is 2.55. The maximum absolute atomic E-state index is 12.8. The molecule has 2 aromatic rings. The SMILES string of the molecule is CCn1cc(-c2cc(C(F)(F)F)cc(NC)n2)cn1. The van der Waals surface area contributed by atoms with Gasteiger partial charge in [0, 0.05) is 25.4 Å². The average molecular weight is 270 g/mol. The van der Waals surface area contributed by atoms with E-state index in [0.717, 1.165) is 12.1 Å². The van der Waals surface area contributed by atoms with Gasteiger partial charge >= 0.3 is 6.18 Å². The van der Waals surface area contributed by atoms with E-state index in [2.05, 4.69) is 15.4 Å². The second-order valence-electron chi connectivity index (χ2n) is 3.96. The third kappa shape index (κ3) is 2.86. The van der Waals surface area contributed by atoms with Crippen LogP contribution in [-0.2, 0) is 12.7 Å². The first kappa shape index (κ1) is 13.4. The Labute approximate surface area is 108 Å². The molecule has 0 aliphatic heterocycles. The molecule has 102 valence electrons. The molecule has 2 aromatic heterocycles. The number of hydrogen-bond acceptors (Lipinski definition) is 3. The van der Waals surface area contributed by atoms with Crippen LogP contribution in [0.25, 0.3) is 11.3 Å². The fourth-order valence-corrected chi connectivity index (χ4v) is 1.64. The molecule has 0 unspecified atom stereocenters. The summed E-state index contributed by atoms with van der Waals surface area (Å²) in [6.07, 6.45) is -1.22. The summed E-state index contributed by atoms with van der Waals surface area (Å²) in [6, 6.07) is 2.01. The third-order valence-corrected chi connectivity index (χ3v) is 2.66. The summed E-state index contributed by atoms with van der Waals surface area (Å²) >= 11 is 0. The summed E-state index contributed by atoms with van der Waals surface area (Å²) in [5, 5.41) is 6.67. The second-order valence-corrected chi connectivity index (χ2v) is 3.96. The fraction of sp³-hybridized carbons (Fsp3) is 0.333. The van der Waals surface area contributed by atoms with Crippen molar-refractivity contribution in [3.63, 3.8) is 0 Å². The first-order valence-corrected chi connectivity index (χ1v) is 5.74. The molecule has 0 fully saturated rings. The number of anilines is 1. The predicted octanol–water partition coefficient (Wildman–Crippen LogP) is 3.03. The van der Waals surface area contributed by atoms with Gasteiger partial charge in [-0.3, -0.25) is 4.68 Å². The van der Waals surface area contributed by atoms with Crippen LogP contribution in [0.2, 0.25) is 0 Å². The van der Waals surface area contributed by atoms with Crippen LogP contribution in [0.3, 0.4) is 0 Å². The van der Waals surface area contributed by atoms with Crippen LogP contribution in [0, 0.1) is 0 Å². The molecule has 0 aliphatic rings. The van der Waals surface area contributed by atoms with E-state index in [1.807, 2.05) is 6.92 Å². The van der Waals surface area contributed by atoms with E-state index in [1.165, 1.54) is 13.2 Å². The quantitative estimate of drug-likeness (QED) is 0.932. The predicted molar refractivity (Wildman–Crippen MR) is 65.7 cm³/mol. The van der Waals surface area contributed by atoms with Gasteiger partial charge < -0.3 is 5.32 Å². The molecular formula is C12H13F3N4. The standard InChI is InChI=1S/C12H13F3N4/c1-3-19-7-8(6-17-19)10-4-9(12(13,14)15)5-11(16-2)18-10/h4-7H,3H2,1-2H3,(H,16,18). The Morgan fingerprint density at radius 3 is 2.58 bits per heavy atom. The number of hydrogen-bond donors (Lipinski definition) is 1. The number of nitrogens with one attached hydrogen (secondary N) is 1. The van der Waals surface area contributed by atoms with Gasteiger partial charge in [0.1, 0.15) is 5.82 Å². The highest BCUT2D eigenvalue weighted by Crippen LogP contribution is 2.33. The van der Waals surface area contributed by atoms with Crippen molar-refractivity contribution in [1.29, 1.82) is 0 Å². The maximum atomic E-state index is 12.8. The normalized spacial score (nSPS) is 11.6. The number of nitrogens with zero attached hydrogens (tertiary/aromatic N) is 3. The number of halogens is 3. The van der Waals surface area contributed by atoms with E-state index in [1.54, 1.807) is 10.9 Å². The van der Waals surface area contributed by atoms with Crippen molar-refractivity contribution in [2.45, 2.75) is 19.6 Å². The minimum absolute atomic E-state index is 0.175. The van der Waals surface area contributed by atoms with Crippen LogP contribution in [0.5, 0.6) is 0 Å². The molecule has 0 saturated carbocycles. The Bertz CT molecular complexity index is 575. The summed E-state index contributed by atoms with van der Waals surface area (Å²) < 4.78 is 40.0. The topological polar surface area (TPSA) is 42.7 Å². The molecule has 19 heavy (non-hydrogen) atoms. The fourth-order valence-electron chi connectivity index (χ4n) is 1.64. The monoisotopic (exact) mass is 270 g/mol. The second kappa shape index (κ2) is 4.91. The zero-order valence-electron chi connectivity index (χ0n) is 10.5. The molecule has 7 heteroatoms. The molecule has 2 rings (SSSR count). The van der Waals surface area contributed by atoms with E-state index >= 15 is 0 Å². The van der Waals surface area contributed by atoms with Crippen LogP contribution < -0.4 is 5.32 Å². The molecule has 0 radical (unpaired) electrons. The van der Waals surface area contributed by atoms with Crippen molar-refractivity contribution >= 4 is 5.82 Å². The Kier molecular flexibility index (Phi) is 3.46. The summed E-state index contributed by atoms with van der Waals surface area (Å²) in [4.78, 5) is 4.12. The number of rotatable bonds is 3. The van der Waals surface area contributed by atoms with Gasteiger partial charge in [-0.05, 0) is 19.1 Å². The lowest BCUT2D eigenvalue weighted by molar-refractivity contribution is -0.137. The lowest BCUT2D eigenvalue weighted by atomic mass is 10.1. The van der Waals surface area contributed by atoms with Crippen molar-refractivity contribution in [3.8, 4) is 11.3 Å². The third-order valence-electron chi connectivity index (χ3n) is 2.66. The van der Waals surface area contributed by atoms with Crippen molar-refractivity contribution in [2.24, 2.45) is 0 Å². The van der Waals surface area contributed by atoms with Crippen LogP contribution in [0.4, 0.5) is 19.0 Å². The molecule has 0 amide bonds. The highest BCUT2D eigenvalue weighted by Gasteiger charge is 2.31. The lowest BCUT2D eigenvalue weighted by Crippen LogP contribution is -2.07. The van der Waals surface area contributed by atoms with Gasteiger partial charge in [-0.15, -0.1) is 0 Å². The molecule has 0 aliphatic carbocycles. The first-order valence-electron chi connectivity index (χ1n) is 5.74. The van der Waals surface area contributed by atoms with Crippen LogP contribution in [-0.4, -0.2) is 21.8 Å². The Morgan fingerprint density at radius 2 is 2.05 bits per heavy atom. The maximum Gasteiger partial charge on any atom is 0.416 e. The van der Waals surface area contributed by atoms with E-state index in [0.29, 0.717) is 12.1 Å². The molecule has 0 saturated heterocycles. The molecule has 0 spiro atoms. The van der Waals surface area contributed by atoms with Gasteiger partial charge in [0.15, 0.2) is 0 Å². The van der Waals surface area contributed by atoms with E-state index in [9.17, 15) is 13.2 Å². The summed E-state index contributed by atoms with van der Waals surface area (Å²) in [7, 11) is 1.53. The van der Waals surface area contributed by atoms with Gasteiger partial charge in [0.2, 0.25) is 0 Å². The van der Waals surface area contributed by atoms with Gasteiger partial charge in [0.05, 0.1) is 17.5 Å². The Hall–Kier alpha value is -2.05. The zero-order chi connectivity index (χ0) is 14.0. The average Bonchev–Trinajstić information content (AvgIpc) is 2.86.